The monoisotopic (exact) mass is 386 g/mol. The first-order valence-electron chi connectivity index (χ1n) is 8.86. The maximum Gasteiger partial charge on any atom is 0.287 e. The Labute approximate surface area is 162 Å². The minimum atomic E-state index is -0.471. The molecule has 1 aromatic heterocycles. The van der Waals surface area contributed by atoms with Crippen LogP contribution in [0.2, 0.25) is 0 Å². The van der Waals surface area contributed by atoms with Crippen molar-refractivity contribution in [2.75, 3.05) is 45.3 Å². The minimum Gasteiger partial charge on any atom is -0.497 e. The van der Waals surface area contributed by atoms with Crippen LogP contribution in [0.15, 0.2) is 36.5 Å². The molecule has 3 rings (SSSR count). The van der Waals surface area contributed by atoms with E-state index in [2.05, 4.69) is 4.98 Å². The first-order valence-corrected chi connectivity index (χ1v) is 8.86. The highest BCUT2D eigenvalue weighted by Crippen LogP contribution is 2.25. The molecule has 1 aliphatic rings. The molecule has 0 spiro atoms. The smallest absolute Gasteiger partial charge is 0.287 e. The average Bonchev–Trinajstić information content (AvgIpc) is 2.74. The Morgan fingerprint density at radius 3 is 2.46 bits per heavy atom. The molecule has 0 bridgehead atoms. The molecule has 28 heavy (non-hydrogen) atoms. The molecule has 0 saturated carbocycles. The number of anilines is 1. The summed E-state index contributed by atoms with van der Waals surface area (Å²) in [5.74, 6) is 2.01. The van der Waals surface area contributed by atoms with Crippen LogP contribution in [0.4, 0.5) is 11.5 Å². The van der Waals surface area contributed by atoms with Gasteiger partial charge in [0.1, 0.15) is 23.5 Å². The average molecular weight is 386 g/mol. The molecule has 1 aromatic carbocycles. The van der Waals surface area contributed by atoms with Gasteiger partial charge in [-0.1, -0.05) is 6.07 Å². The van der Waals surface area contributed by atoms with Gasteiger partial charge in [-0.2, -0.15) is 0 Å². The van der Waals surface area contributed by atoms with E-state index in [-0.39, 0.29) is 18.0 Å². The molecule has 1 fully saturated rings. The van der Waals surface area contributed by atoms with Crippen LogP contribution in [-0.4, -0.2) is 61.1 Å². The molecular formula is C19H22N4O5. The Hall–Kier alpha value is -3.36. The lowest BCUT2D eigenvalue weighted by molar-refractivity contribution is -0.385. The number of aromatic nitrogens is 1. The van der Waals surface area contributed by atoms with E-state index in [1.807, 2.05) is 21.9 Å². The SMILES string of the molecule is COc1ccc(CC(=O)N2CCN(c3ccc([N+](=O)[O-])cn3)CC2)c(OC)c1. The fraction of sp³-hybridized carbons (Fsp3) is 0.368. The van der Waals surface area contributed by atoms with E-state index in [0.29, 0.717) is 43.5 Å². The van der Waals surface area contributed by atoms with Crippen molar-refractivity contribution in [2.45, 2.75) is 6.42 Å². The second kappa shape index (κ2) is 8.55. The summed E-state index contributed by atoms with van der Waals surface area (Å²) in [4.78, 5) is 30.9. The fourth-order valence-electron chi connectivity index (χ4n) is 3.13. The molecule has 0 atom stereocenters. The van der Waals surface area contributed by atoms with Crippen molar-refractivity contribution in [1.29, 1.82) is 0 Å². The number of benzene rings is 1. The zero-order chi connectivity index (χ0) is 20.1. The van der Waals surface area contributed by atoms with E-state index in [0.717, 1.165) is 5.56 Å². The molecule has 0 N–H and O–H groups in total. The molecule has 9 nitrogen and oxygen atoms in total. The van der Waals surface area contributed by atoms with E-state index in [1.54, 1.807) is 26.4 Å². The number of rotatable bonds is 6. The van der Waals surface area contributed by atoms with Gasteiger partial charge in [-0.3, -0.25) is 14.9 Å². The van der Waals surface area contributed by atoms with Gasteiger partial charge in [-0.05, 0) is 12.1 Å². The van der Waals surface area contributed by atoms with Crippen molar-refractivity contribution < 1.29 is 19.2 Å². The number of methoxy groups -OCH3 is 2. The van der Waals surface area contributed by atoms with E-state index in [1.165, 1.54) is 12.3 Å². The molecule has 0 aliphatic carbocycles. The number of carbonyl (C=O) groups excluding carboxylic acids is 1. The summed E-state index contributed by atoms with van der Waals surface area (Å²) < 4.78 is 10.5. The van der Waals surface area contributed by atoms with Crippen molar-refractivity contribution in [3.05, 3.63) is 52.2 Å². The summed E-state index contributed by atoms with van der Waals surface area (Å²) >= 11 is 0. The summed E-state index contributed by atoms with van der Waals surface area (Å²) in [5, 5.41) is 10.7. The predicted octanol–water partition coefficient (Wildman–Crippen LogP) is 1.90. The van der Waals surface area contributed by atoms with Crippen LogP contribution in [0, 0.1) is 10.1 Å². The molecular weight excluding hydrogens is 364 g/mol. The molecule has 148 valence electrons. The van der Waals surface area contributed by atoms with Gasteiger partial charge in [-0.25, -0.2) is 4.98 Å². The van der Waals surface area contributed by atoms with Crippen molar-refractivity contribution in [2.24, 2.45) is 0 Å². The van der Waals surface area contributed by atoms with Gasteiger partial charge in [0.15, 0.2) is 0 Å². The Balaban J connectivity index is 1.58. The normalized spacial score (nSPS) is 13.9. The number of hydrogen-bond donors (Lipinski definition) is 0. The Morgan fingerprint density at radius 2 is 1.89 bits per heavy atom. The second-order valence-corrected chi connectivity index (χ2v) is 6.35. The van der Waals surface area contributed by atoms with Crippen LogP contribution in [0.1, 0.15) is 5.56 Å². The molecule has 1 aliphatic heterocycles. The van der Waals surface area contributed by atoms with Crippen LogP contribution in [0.3, 0.4) is 0 Å². The van der Waals surface area contributed by atoms with Crippen molar-refractivity contribution in [3.63, 3.8) is 0 Å². The molecule has 1 saturated heterocycles. The molecule has 9 heteroatoms. The summed E-state index contributed by atoms with van der Waals surface area (Å²) in [5.41, 5.74) is 0.777. The number of amides is 1. The summed E-state index contributed by atoms with van der Waals surface area (Å²) in [6.07, 6.45) is 1.51. The highest BCUT2D eigenvalue weighted by Gasteiger charge is 2.23. The minimum absolute atomic E-state index is 0.0276. The molecule has 1 amide bonds. The number of piperazine rings is 1. The summed E-state index contributed by atoms with van der Waals surface area (Å²) in [6.45, 7) is 2.37. The van der Waals surface area contributed by atoms with Gasteiger partial charge >= 0.3 is 0 Å². The standard InChI is InChI=1S/C19H22N4O5/c1-27-16-5-3-14(17(12-16)28-2)11-19(24)22-9-7-21(8-10-22)18-6-4-15(13-20-18)23(25)26/h3-6,12-13H,7-11H2,1-2H3. The third-order valence-corrected chi connectivity index (χ3v) is 4.74. The lowest BCUT2D eigenvalue weighted by Gasteiger charge is -2.35. The van der Waals surface area contributed by atoms with Gasteiger partial charge in [0.2, 0.25) is 5.91 Å². The van der Waals surface area contributed by atoms with Gasteiger partial charge in [0, 0.05) is 43.9 Å². The Bertz CT molecular complexity index is 848. The summed E-state index contributed by atoms with van der Waals surface area (Å²) in [7, 11) is 3.15. The van der Waals surface area contributed by atoms with E-state index in [4.69, 9.17) is 9.47 Å². The first kappa shape index (κ1) is 19.4. The number of pyridine rings is 1. The topological polar surface area (TPSA) is 98.0 Å². The van der Waals surface area contributed by atoms with Gasteiger partial charge in [0.25, 0.3) is 5.69 Å². The van der Waals surface area contributed by atoms with Crippen LogP contribution in [0.25, 0.3) is 0 Å². The number of carbonyl (C=O) groups is 1. The van der Waals surface area contributed by atoms with Crippen LogP contribution in [-0.2, 0) is 11.2 Å². The molecule has 2 aromatic rings. The van der Waals surface area contributed by atoms with Crippen molar-refractivity contribution in [1.82, 2.24) is 9.88 Å². The third-order valence-electron chi connectivity index (χ3n) is 4.74. The predicted molar refractivity (Wildman–Crippen MR) is 103 cm³/mol. The zero-order valence-corrected chi connectivity index (χ0v) is 15.8. The quantitative estimate of drug-likeness (QED) is 0.552. The number of nitro groups is 1. The van der Waals surface area contributed by atoms with E-state index < -0.39 is 4.92 Å². The number of hydrogen-bond acceptors (Lipinski definition) is 7. The van der Waals surface area contributed by atoms with Crippen LogP contribution in [0.5, 0.6) is 11.5 Å². The van der Waals surface area contributed by atoms with Crippen LogP contribution < -0.4 is 14.4 Å². The second-order valence-electron chi connectivity index (χ2n) is 6.35. The highest BCUT2D eigenvalue weighted by molar-refractivity contribution is 5.80. The first-order chi connectivity index (χ1) is 13.5. The number of ether oxygens (including phenoxy) is 2. The molecule has 2 heterocycles. The Morgan fingerprint density at radius 1 is 1.14 bits per heavy atom. The maximum atomic E-state index is 12.7. The molecule has 0 radical (unpaired) electrons. The van der Waals surface area contributed by atoms with Crippen molar-refractivity contribution in [3.8, 4) is 11.5 Å². The Kier molecular flexibility index (Phi) is 5.93. The highest BCUT2D eigenvalue weighted by atomic mass is 16.6. The maximum absolute atomic E-state index is 12.7. The zero-order valence-electron chi connectivity index (χ0n) is 15.8. The fourth-order valence-corrected chi connectivity index (χ4v) is 3.13. The van der Waals surface area contributed by atoms with Crippen LogP contribution >= 0.6 is 0 Å². The largest absolute Gasteiger partial charge is 0.497 e. The van der Waals surface area contributed by atoms with Gasteiger partial charge in [-0.15, -0.1) is 0 Å². The van der Waals surface area contributed by atoms with E-state index >= 15 is 0 Å². The summed E-state index contributed by atoms with van der Waals surface area (Å²) in [6, 6.07) is 8.49. The number of nitrogens with zero attached hydrogens (tertiary/aromatic N) is 4. The molecule has 0 unspecified atom stereocenters. The lowest BCUT2D eigenvalue weighted by atomic mass is 10.1. The van der Waals surface area contributed by atoms with Gasteiger partial charge in [0.05, 0.1) is 25.6 Å². The lowest BCUT2D eigenvalue weighted by Crippen LogP contribution is -2.49. The van der Waals surface area contributed by atoms with Crippen molar-refractivity contribution >= 4 is 17.4 Å². The van der Waals surface area contributed by atoms with E-state index in [9.17, 15) is 14.9 Å². The van der Waals surface area contributed by atoms with Gasteiger partial charge < -0.3 is 19.3 Å². The third kappa shape index (κ3) is 4.30.